The third-order valence-corrected chi connectivity index (χ3v) is 16.0. The van der Waals surface area contributed by atoms with Crippen molar-refractivity contribution in [2.24, 2.45) is 10.4 Å². The number of halogens is 1. The Kier molecular flexibility index (Phi) is 9.90. The molecule has 0 saturated carbocycles. The van der Waals surface area contributed by atoms with Crippen LogP contribution in [-0.2, 0) is 17.9 Å². The number of likely N-dealkylation sites (tertiary alicyclic amines) is 2. The molecule has 0 unspecified atom stereocenters. The first-order valence-electron chi connectivity index (χ1n) is 21.0. The van der Waals surface area contributed by atoms with Crippen LogP contribution in [0.25, 0.3) is 37.2 Å². The highest BCUT2D eigenvalue weighted by Crippen LogP contribution is 2.44. The standard InChI is InChI=1S/C48H50ClN7OS2/c1-6-55-40-14-7-33(24-38(40)37-13-10-35(25-41(37)55)42-23-29(2)28-58-42)27-53-19-15-48(16-20-53)17-21-54(22-18-48)43(57)26-39-46-52-51-32(5)56(46)47-44(30(3)31(4)59-47)45(50-39)34-8-11-36(49)12-9-34/h7-14,23-25,28,39H,6,15-22,26-27H2,1-5H3/t39-/m0/s1. The van der Waals surface area contributed by atoms with Crippen LogP contribution >= 0.6 is 34.3 Å². The molecule has 302 valence electrons. The summed E-state index contributed by atoms with van der Waals surface area (Å²) in [6.45, 7) is 16.4. The number of rotatable bonds is 7. The molecule has 0 radical (unpaired) electrons. The van der Waals surface area contributed by atoms with Gasteiger partial charge in [0.15, 0.2) is 5.82 Å². The predicted octanol–water partition coefficient (Wildman–Crippen LogP) is 11.3. The second kappa shape index (κ2) is 15.1. The van der Waals surface area contributed by atoms with Crippen molar-refractivity contribution < 1.29 is 4.79 Å². The molecule has 3 aliphatic heterocycles. The maximum absolute atomic E-state index is 14.2. The summed E-state index contributed by atoms with van der Waals surface area (Å²) in [6, 6.07) is 23.8. The van der Waals surface area contributed by atoms with Crippen LogP contribution in [-0.4, -0.2) is 66.9 Å². The summed E-state index contributed by atoms with van der Waals surface area (Å²) in [5.74, 6) is 1.68. The van der Waals surface area contributed by atoms with Crippen LogP contribution in [0.15, 0.2) is 77.1 Å². The van der Waals surface area contributed by atoms with Crippen LogP contribution in [0.3, 0.4) is 0 Å². The summed E-state index contributed by atoms with van der Waals surface area (Å²) in [6.07, 6.45) is 4.73. The number of hydrogen-bond donors (Lipinski definition) is 0. The number of aryl methyl sites for hydroxylation is 4. The van der Waals surface area contributed by atoms with Crippen LogP contribution < -0.4 is 0 Å². The van der Waals surface area contributed by atoms with Crippen molar-refractivity contribution in [3.8, 4) is 15.4 Å². The van der Waals surface area contributed by atoms with Crippen molar-refractivity contribution in [1.29, 1.82) is 0 Å². The first-order valence-corrected chi connectivity index (χ1v) is 23.1. The Balaban J connectivity index is 0.812. The molecule has 0 bridgehead atoms. The van der Waals surface area contributed by atoms with E-state index in [-0.39, 0.29) is 12.3 Å². The van der Waals surface area contributed by atoms with Crippen molar-refractivity contribution >= 4 is 67.7 Å². The molecule has 1 atom stereocenters. The Bertz CT molecular complexity index is 2770. The molecular formula is C48H50ClN7OS2. The smallest absolute Gasteiger partial charge is 0.225 e. The van der Waals surface area contributed by atoms with E-state index in [4.69, 9.17) is 16.6 Å². The van der Waals surface area contributed by atoms with E-state index in [9.17, 15) is 4.79 Å². The van der Waals surface area contributed by atoms with Crippen LogP contribution in [0.1, 0.15) is 89.4 Å². The molecule has 3 aliphatic rings. The van der Waals surface area contributed by atoms with E-state index >= 15 is 0 Å². The van der Waals surface area contributed by atoms with Gasteiger partial charge >= 0.3 is 0 Å². The minimum absolute atomic E-state index is 0.143. The second-order valence-electron chi connectivity index (χ2n) is 17.1. The van der Waals surface area contributed by atoms with Gasteiger partial charge in [-0.05, 0) is 143 Å². The van der Waals surface area contributed by atoms with E-state index in [1.54, 1.807) is 11.3 Å². The minimum atomic E-state index is -0.446. The Morgan fingerprint density at radius 3 is 2.32 bits per heavy atom. The Morgan fingerprint density at radius 1 is 0.847 bits per heavy atom. The number of carbonyl (C=O) groups is 1. The van der Waals surface area contributed by atoms with Gasteiger partial charge in [-0.15, -0.1) is 32.9 Å². The lowest BCUT2D eigenvalue weighted by atomic mass is 9.71. The van der Waals surface area contributed by atoms with Crippen molar-refractivity contribution in [2.45, 2.75) is 85.9 Å². The summed E-state index contributed by atoms with van der Waals surface area (Å²) in [4.78, 5) is 26.8. The third kappa shape index (κ3) is 6.86. The van der Waals surface area contributed by atoms with Crippen molar-refractivity contribution in [2.75, 3.05) is 26.2 Å². The number of carbonyl (C=O) groups excluding carboxylic acids is 1. The van der Waals surface area contributed by atoms with Gasteiger partial charge in [0.2, 0.25) is 5.91 Å². The van der Waals surface area contributed by atoms with Crippen LogP contribution in [0, 0.1) is 33.1 Å². The Labute approximate surface area is 359 Å². The third-order valence-electron chi connectivity index (χ3n) is 13.5. The number of piperidine rings is 2. The number of hydrogen-bond acceptors (Lipinski definition) is 7. The molecule has 3 aromatic carbocycles. The molecule has 0 N–H and O–H groups in total. The first-order chi connectivity index (χ1) is 28.6. The largest absolute Gasteiger partial charge is 0.343 e. The number of aromatic nitrogens is 4. The fourth-order valence-electron chi connectivity index (χ4n) is 9.92. The lowest BCUT2D eigenvalue weighted by molar-refractivity contribution is -0.134. The summed E-state index contributed by atoms with van der Waals surface area (Å²) >= 11 is 9.87. The van der Waals surface area contributed by atoms with E-state index in [1.165, 1.54) is 66.7 Å². The average molecular weight is 841 g/mol. The summed E-state index contributed by atoms with van der Waals surface area (Å²) < 4.78 is 4.60. The van der Waals surface area contributed by atoms with E-state index in [2.05, 4.69) is 105 Å². The average Bonchev–Trinajstić information content (AvgIpc) is 3.98. The van der Waals surface area contributed by atoms with Crippen molar-refractivity contribution in [3.05, 3.63) is 121 Å². The quantitative estimate of drug-likeness (QED) is 0.160. The fourth-order valence-corrected chi connectivity index (χ4v) is 12.2. The Morgan fingerprint density at radius 2 is 1.59 bits per heavy atom. The van der Waals surface area contributed by atoms with Crippen molar-refractivity contribution in [3.63, 3.8) is 0 Å². The van der Waals surface area contributed by atoms with E-state index < -0.39 is 6.04 Å². The number of nitrogens with zero attached hydrogens (tertiary/aromatic N) is 7. The number of aliphatic imine (C=N–C) groups is 1. The molecule has 7 aromatic rings. The number of benzene rings is 3. The zero-order valence-corrected chi connectivity index (χ0v) is 36.9. The highest BCUT2D eigenvalue weighted by atomic mass is 35.5. The van der Waals surface area contributed by atoms with Gasteiger partial charge in [-0.3, -0.25) is 19.3 Å². The molecule has 7 heterocycles. The maximum atomic E-state index is 14.2. The van der Waals surface area contributed by atoms with Crippen molar-refractivity contribution in [1.82, 2.24) is 29.1 Å². The fraction of sp³-hybridized carbons (Fsp3) is 0.375. The summed E-state index contributed by atoms with van der Waals surface area (Å²) in [7, 11) is 0. The zero-order chi connectivity index (χ0) is 40.6. The van der Waals surface area contributed by atoms with Crippen LogP contribution in [0.2, 0.25) is 5.02 Å². The maximum Gasteiger partial charge on any atom is 0.225 e. The van der Waals surface area contributed by atoms with Crippen LogP contribution in [0.4, 0.5) is 0 Å². The second-order valence-corrected chi connectivity index (χ2v) is 19.6. The molecule has 0 aliphatic carbocycles. The van der Waals surface area contributed by atoms with Gasteiger partial charge < -0.3 is 9.47 Å². The summed E-state index contributed by atoms with van der Waals surface area (Å²) in [5, 5.41) is 15.8. The van der Waals surface area contributed by atoms with E-state index in [0.29, 0.717) is 10.4 Å². The topological polar surface area (TPSA) is 71.6 Å². The predicted molar refractivity (Wildman–Crippen MR) is 244 cm³/mol. The normalized spacial score (nSPS) is 18.0. The molecular weight excluding hydrogens is 790 g/mol. The molecule has 10 rings (SSSR count). The van der Waals surface area contributed by atoms with Gasteiger partial charge in [0.25, 0.3) is 0 Å². The number of thiophene rings is 2. The van der Waals surface area contributed by atoms with E-state index in [1.807, 2.05) is 42.5 Å². The lowest BCUT2D eigenvalue weighted by Crippen LogP contribution is -2.48. The molecule has 1 spiro atoms. The lowest BCUT2D eigenvalue weighted by Gasteiger charge is -2.47. The zero-order valence-electron chi connectivity index (χ0n) is 34.5. The molecule has 1 amide bonds. The molecule has 59 heavy (non-hydrogen) atoms. The highest BCUT2D eigenvalue weighted by molar-refractivity contribution is 7.15. The van der Waals surface area contributed by atoms with Gasteiger partial charge in [-0.2, -0.15) is 0 Å². The molecule has 2 fully saturated rings. The molecule has 8 nitrogen and oxygen atoms in total. The number of amides is 1. The first kappa shape index (κ1) is 38.6. The van der Waals surface area contributed by atoms with Gasteiger partial charge in [0, 0.05) is 73.9 Å². The van der Waals surface area contributed by atoms with Gasteiger partial charge in [0.05, 0.1) is 12.1 Å². The molecule has 2 saturated heterocycles. The SMILES string of the molecule is CCn1c2ccc(CN3CCC4(CC3)CCN(C(=O)C[C@@H]3N=C(c5ccc(Cl)cc5)c5c(sc(C)c5C)-n5c(C)nnc53)CC4)cc2c2ccc(-c3cc(C)cs3)cc21. The van der Waals surface area contributed by atoms with Gasteiger partial charge in [-0.1, -0.05) is 41.9 Å². The molecule has 11 heteroatoms. The summed E-state index contributed by atoms with van der Waals surface area (Å²) in [5.41, 5.74) is 11.1. The van der Waals surface area contributed by atoms with E-state index in [0.717, 1.165) is 85.6 Å². The minimum Gasteiger partial charge on any atom is -0.343 e. The van der Waals surface area contributed by atoms with Gasteiger partial charge in [0.1, 0.15) is 16.9 Å². The van der Waals surface area contributed by atoms with Gasteiger partial charge in [-0.25, -0.2) is 0 Å². The Hall–Kier alpha value is -4.61. The van der Waals surface area contributed by atoms with Crippen LogP contribution in [0.5, 0.6) is 0 Å². The highest BCUT2D eigenvalue weighted by Gasteiger charge is 2.40. The number of fused-ring (bicyclic) bond motifs is 6. The molecule has 4 aromatic heterocycles. The monoisotopic (exact) mass is 839 g/mol.